The van der Waals surface area contributed by atoms with Gasteiger partial charge in [-0.15, -0.1) is 0 Å². The molecule has 0 saturated carbocycles. The molecule has 1 aliphatic heterocycles. The molecule has 2 amide bonds. The molecule has 0 spiro atoms. The van der Waals surface area contributed by atoms with Crippen molar-refractivity contribution in [2.45, 2.75) is 13.3 Å². The SMILES string of the molecule is Cc1cccc(OCC(=O)Nc2ccc3c(c2)N(C(=O)c2ccncc2)CC3)c1. The van der Waals surface area contributed by atoms with Crippen LogP contribution in [0.1, 0.15) is 21.5 Å². The summed E-state index contributed by atoms with van der Waals surface area (Å²) in [5.74, 6) is 0.331. The van der Waals surface area contributed by atoms with Crippen LogP contribution in [0.25, 0.3) is 0 Å². The molecule has 0 unspecified atom stereocenters. The van der Waals surface area contributed by atoms with Crippen LogP contribution in [0.2, 0.25) is 0 Å². The van der Waals surface area contributed by atoms with Gasteiger partial charge in [-0.2, -0.15) is 0 Å². The van der Waals surface area contributed by atoms with Crippen LogP contribution < -0.4 is 15.0 Å². The Labute approximate surface area is 169 Å². The predicted molar refractivity (Wildman–Crippen MR) is 111 cm³/mol. The van der Waals surface area contributed by atoms with E-state index in [0.29, 0.717) is 23.5 Å². The smallest absolute Gasteiger partial charge is 0.262 e. The molecule has 0 aliphatic carbocycles. The number of benzene rings is 2. The number of ether oxygens (including phenoxy) is 1. The molecule has 1 aromatic heterocycles. The Morgan fingerprint density at radius 3 is 2.72 bits per heavy atom. The van der Waals surface area contributed by atoms with Gasteiger partial charge in [0.2, 0.25) is 0 Å². The van der Waals surface area contributed by atoms with E-state index >= 15 is 0 Å². The van der Waals surface area contributed by atoms with Gasteiger partial charge in [-0.3, -0.25) is 14.6 Å². The van der Waals surface area contributed by atoms with E-state index < -0.39 is 0 Å². The molecule has 0 bridgehead atoms. The van der Waals surface area contributed by atoms with Crippen molar-refractivity contribution in [3.05, 3.63) is 83.7 Å². The first kappa shape index (κ1) is 18.7. The van der Waals surface area contributed by atoms with Gasteiger partial charge in [0.25, 0.3) is 11.8 Å². The molecule has 0 saturated heterocycles. The van der Waals surface area contributed by atoms with Gasteiger partial charge in [-0.05, 0) is 60.9 Å². The van der Waals surface area contributed by atoms with Crippen molar-refractivity contribution < 1.29 is 14.3 Å². The number of aryl methyl sites for hydroxylation is 1. The Bertz CT molecular complexity index is 1050. The average Bonchev–Trinajstić information content (AvgIpc) is 3.16. The number of nitrogens with zero attached hydrogens (tertiary/aromatic N) is 2. The van der Waals surface area contributed by atoms with Gasteiger partial charge >= 0.3 is 0 Å². The van der Waals surface area contributed by atoms with Crippen molar-refractivity contribution in [1.29, 1.82) is 0 Å². The van der Waals surface area contributed by atoms with Gasteiger partial charge in [-0.1, -0.05) is 18.2 Å². The minimum atomic E-state index is -0.253. The van der Waals surface area contributed by atoms with E-state index in [0.717, 1.165) is 23.2 Å². The normalized spacial score (nSPS) is 12.4. The van der Waals surface area contributed by atoms with E-state index in [4.69, 9.17) is 4.74 Å². The quantitative estimate of drug-likeness (QED) is 0.726. The van der Waals surface area contributed by atoms with Gasteiger partial charge in [0.05, 0.1) is 0 Å². The molecule has 1 N–H and O–H groups in total. The molecule has 1 aliphatic rings. The van der Waals surface area contributed by atoms with Crippen LogP contribution in [-0.4, -0.2) is 29.9 Å². The summed E-state index contributed by atoms with van der Waals surface area (Å²) >= 11 is 0. The zero-order valence-corrected chi connectivity index (χ0v) is 16.1. The average molecular weight is 387 g/mol. The van der Waals surface area contributed by atoms with Gasteiger partial charge in [0, 0.05) is 35.9 Å². The third-order valence-corrected chi connectivity index (χ3v) is 4.80. The summed E-state index contributed by atoms with van der Waals surface area (Å²) in [5, 5.41) is 2.84. The largest absolute Gasteiger partial charge is 0.484 e. The maximum atomic E-state index is 12.8. The molecule has 2 aromatic carbocycles. The van der Waals surface area contributed by atoms with Crippen LogP contribution in [0.3, 0.4) is 0 Å². The van der Waals surface area contributed by atoms with Crippen LogP contribution in [0.15, 0.2) is 67.0 Å². The highest BCUT2D eigenvalue weighted by Crippen LogP contribution is 2.32. The highest BCUT2D eigenvalue weighted by molar-refractivity contribution is 6.07. The number of anilines is 2. The van der Waals surface area contributed by atoms with E-state index in [2.05, 4.69) is 10.3 Å². The van der Waals surface area contributed by atoms with Crippen molar-refractivity contribution in [1.82, 2.24) is 4.98 Å². The Hall–Kier alpha value is -3.67. The molecule has 0 radical (unpaired) electrons. The summed E-state index contributed by atoms with van der Waals surface area (Å²) in [7, 11) is 0. The summed E-state index contributed by atoms with van der Waals surface area (Å²) in [6.45, 7) is 2.50. The molecule has 146 valence electrons. The predicted octanol–water partition coefficient (Wildman–Crippen LogP) is 3.61. The van der Waals surface area contributed by atoms with Crippen LogP contribution in [0.4, 0.5) is 11.4 Å². The maximum absolute atomic E-state index is 12.8. The lowest BCUT2D eigenvalue weighted by molar-refractivity contribution is -0.118. The maximum Gasteiger partial charge on any atom is 0.262 e. The minimum absolute atomic E-state index is 0.0718. The Morgan fingerprint density at radius 2 is 1.93 bits per heavy atom. The monoisotopic (exact) mass is 387 g/mol. The van der Waals surface area contributed by atoms with Crippen LogP contribution >= 0.6 is 0 Å². The molecule has 6 nitrogen and oxygen atoms in total. The summed E-state index contributed by atoms with van der Waals surface area (Å²) in [5.41, 5.74) is 4.20. The Morgan fingerprint density at radius 1 is 1.10 bits per heavy atom. The fourth-order valence-corrected chi connectivity index (χ4v) is 3.37. The van der Waals surface area contributed by atoms with Crippen molar-refractivity contribution >= 4 is 23.2 Å². The standard InChI is InChI=1S/C23H21N3O3/c1-16-3-2-4-20(13-16)29-15-22(27)25-19-6-5-17-9-12-26(21(17)14-19)23(28)18-7-10-24-11-8-18/h2-8,10-11,13-14H,9,12,15H2,1H3,(H,25,27). The minimum Gasteiger partial charge on any atom is -0.484 e. The number of aromatic nitrogens is 1. The third kappa shape index (κ3) is 4.27. The molecule has 2 heterocycles. The zero-order chi connectivity index (χ0) is 20.2. The van der Waals surface area contributed by atoms with Crippen LogP contribution in [0.5, 0.6) is 5.75 Å². The van der Waals surface area contributed by atoms with E-state index in [9.17, 15) is 9.59 Å². The Kier molecular flexibility index (Phi) is 5.24. The number of hydrogen-bond donors (Lipinski definition) is 1. The second kappa shape index (κ2) is 8.14. The molecular formula is C23H21N3O3. The van der Waals surface area contributed by atoms with E-state index in [1.807, 2.05) is 49.4 Å². The number of fused-ring (bicyclic) bond motifs is 1. The number of pyridine rings is 1. The van der Waals surface area contributed by atoms with E-state index in [1.165, 1.54) is 0 Å². The van der Waals surface area contributed by atoms with Crippen LogP contribution in [-0.2, 0) is 11.2 Å². The lowest BCUT2D eigenvalue weighted by Crippen LogP contribution is -2.29. The first-order chi connectivity index (χ1) is 14.1. The molecule has 3 aromatic rings. The highest BCUT2D eigenvalue weighted by Gasteiger charge is 2.26. The van der Waals surface area contributed by atoms with E-state index in [-0.39, 0.29) is 18.4 Å². The molecular weight excluding hydrogens is 366 g/mol. The summed E-state index contributed by atoms with van der Waals surface area (Å²) in [6, 6.07) is 16.6. The Balaban J connectivity index is 1.44. The topological polar surface area (TPSA) is 71.5 Å². The molecule has 6 heteroatoms. The number of rotatable bonds is 5. The van der Waals surface area contributed by atoms with Crippen molar-refractivity contribution in [2.24, 2.45) is 0 Å². The summed E-state index contributed by atoms with van der Waals surface area (Å²) in [4.78, 5) is 30.8. The van der Waals surface area contributed by atoms with Crippen molar-refractivity contribution in [3.8, 4) is 5.75 Å². The molecule has 4 rings (SSSR count). The van der Waals surface area contributed by atoms with E-state index in [1.54, 1.807) is 29.4 Å². The lowest BCUT2D eigenvalue weighted by Gasteiger charge is -2.18. The first-order valence-corrected chi connectivity index (χ1v) is 9.44. The number of nitrogens with one attached hydrogen (secondary N) is 1. The highest BCUT2D eigenvalue weighted by atomic mass is 16.5. The van der Waals surface area contributed by atoms with Gasteiger partial charge in [-0.25, -0.2) is 0 Å². The number of carbonyl (C=O) groups is 2. The second-order valence-electron chi connectivity index (χ2n) is 6.94. The number of hydrogen-bond acceptors (Lipinski definition) is 4. The molecule has 0 atom stereocenters. The fourth-order valence-electron chi connectivity index (χ4n) is 3.37. The second-order valence-corrected chi connectivity index (χ2v) is 6.94. The zero-order valence-electron chi connectivity index (χ0n) is 16.1. The van der Waals surface area contributed by atoms with Crippen LogP contribution in [0, 0.1) is 6.92 Å². The first-order valence-electron chi connectivity index (χ1n) is 9.44. The third-order valence-electron chi connectivity index (χ3n) is 4.80. The van der Waals surface area contributed by atoms with Crippen molar-refractivity contribution in [3.63, 3.8) is 0 Å². The van der Waals surface area contributed by atoms with Gasteiger partial charge < -0.3 is 15.0 Å². The number of amides is 2. The summed E-state index contributed by atoms with van der Waals surface area (Å²) < 4.78 is 5.55. The lowest BCUT2D eigenvalue weighted by atomic mass is 10.1. The molecule has 0 fully saturated rings. The number of carbonyl (C=O) groups excluding carboxylic acids is 2. The van der Waals surface area contributed by atoms with Gasteiger partial charge in [0.15, 0.2) is 6.61 Å². The summed E-state index contributed by atoms with van der Waals surface area (Å²) in [6.07, 6.45) is 4.00. The molecule has 29 heavy (non-hydrogen) atoms. The van der Waals surface area contributed by atoms with Crippen molar-refractivity contribution in [2.75, 3.05) is 23.4 Å². The fraction of sp³-hybridized carbons (Fsp3) is 0.174. The van der Waals surface area contributed by atoms with Gasteiger partial charge in [0.1, 0.15) is 5.75 Å².